The van der Waals surface area contributed by atoms with E-state index in [2.05, 4.69) is 12.6 Å². The molecule has 1 aromatic heterocycles. The van der Waals surface area contributed by atoms with Gasteiger partial charge in [0.1, 0.15) is 5.75 Å². The molecule has 1 N–H and O–H groups in total. The van der Waals surface area contributed by atoms with Crippen molar-refractivity contribution in [1.29, 1.82) is 0 Å². The number of carbonyl (C=O) groups is 1. The molecule has 0 bridgehead atoms. The topological polar surface area (TPSA) is 42.2 Å². The molecule has 1 aromatic carbocycles. The van der Waals surface area contributed by atoms with Crippen molar-refractivity contribution in [3.05, 3.63) is 46.6 Å². The third kappa shape index (κ3) is 3.54. The van der Waals surface area contributed by atoms with Gasteiger partial charge in [-0.2, -0.15) is 0 Å². The average Bonchev–Trinajstić information content (AvgIpc) is 2.75. The Balaban J connectivity index is 2.68. The normalized spacial score (nSPS) is 12.5. The number of hydrogen-bond acceptors (Lipinski definition) is 3. The van der Waals surface area contributed by atoms with Crippen molar-refractivity contribution in [1.82, 2.24) is 4.57 Å². The Morgan fingerprint density at radius 3 is 1.75 bits per heavy atom. The summed E-state index contributed by atoms with van der Waals surface area (Å²) in [5.41, 5.74) is 2.27. The third-order valence-corrected chi connectivity index (χ3v) is 4.67. The quantitative estimate of drug-likeness (QED) is 0.604. The first-order valence-corrected chi connectivity index (χ1v) is 8.55. The highest BCUT2D eigenvalue weighted by molar-refractivity contribution is 7.80. The molecule has 0 saturated heterocycles. The van der Waals surface area contributed by atoms with E-state index < -0.39 is 0 Å². The minimum atomic E-state index is -0.258. The molecule has 0 aliphatic carbocycles. The van der Waals surface area contributed by atoms with E-state index in [1.54, 1.807) is 12.3 Å². The van der Waals surface area contributed by atoms with Gasteiger partial charge in [-0.3, -0.25) is 4.79 Å². The molecule has 0 radical (unpaired) electrons. The number of benzene rings is 1. The minimum absolute atomic E-state index is 0.0538. The van der Waals surface area contributed by atoms with Gasteiger partial charge in [-0.25, -0.2) is 0 Å². The van der Waals surface area contributed by atoms with Crippen LogP contribution in [0.25, 0.3) is 0 Å². The SMILES string of the molecule is Cn1cc(C(=O)c2cc(C(C)(C)C)c(O)c(C(C)(C)C)c2)cc1S. The zero-order valence-electron chi connectivity index (χ0n) is 15.6. The molecule has 0 aliphatic heterocycles. The van der Waals surface area contributed by atoms with Crippen molar-refractivity contribution in [2.75, 3.05) is 0 Å². The molecule has 0 aliphatic rings. The van der Waals surface area contributed by atoms with Crippen LogP contribution in [0.15, 0.2) is 29.4 Å². The monoisotopic (exact) mass is 345 g/mol. The number of aromatic hydroxyl groups is 1. The summed E-state index contributed by atoms with van der Waals surface area (Å²) in [6.07, 6.45) is 1.78. The van der Waals surface area contributed by atoms with E-state index in [4.69, 9.17) is 0 Å². The molecule has 3 nitrogen and oxygen atoms in total. The third-order valence-electron chi connectivity index (χ3n) is 4.23. The summed E-state index contributed by atoms with van der Waals surface area (Å²) < 4.78 is 1.81. The first-order chi connectivity index (χ1) is 10.8. The number of ketones is 1. The minimum Gasteiger partial charge on any atom is -0.507 e. The van der Waals surface area contributed by atoms with Crippen LogP contribution in [0.5, 0.6) is 5.75 Å². The van der Waals surface area contributed by atoms with Crippen molar-refractivity contribution in [2.24, 2.45) is 7.05 Å². The summed E-state index contributed by atoms with van der Waals surface area (Å²) >= 11 is 4.35. The highest BCUT2D eigenvalue weighted by Gasteiger charge is 2.28. The summed E-state index contributed by atoms with van der Waals surface area (Å²) in [5, 5.41) is 11.5. The van der Waals surface area contributed by atoms with E-state index >= 15 is 0 Å². The lowest BCUT2D eigenvalue weighted by Gasteiger charge is -2.28. The lowest BCUT2D eigenvalue weighted by atomic mass is 9.78. The summed E-state index contributed by atoms with van der Waals surface area (Å²) in [6, 6.07) is 5.40. The van der Waals surface area contributed by atoms with Crippen LogP contribution in [-0.2, 0) is 17.9 Å². The van der Waals surface area contributed by atoms with Crippen LogP contribution in [0.1, 0.15) is 68.6 Å². The van der Waals surface area contributed by atoms with Gasteiger partial charge >= 0.3 is 0 Å². The Bertz CT molecular complexity index is 734. The van der Waals surface area contributed by atoms with Crippen LogP contribution in [0, 0.1) is 0 Å². The molecule has 0 atom stereocenters. The van der Waals surface area contributed by atoms with Crippen LogP contribution in [0.3, 0.4) is 0 Å². The van der Waals surface area contributed by atoms with E-state index in [1.165, 1.54) is 0 Å². The second kappa shape index (κ2) is 5.99. The number of nitrogens with zero attached hydrogens (tertiary/aromatic N) is 1. The molecule has 24 heavy (non-hydrogen) atoms. The van der Waals surface area contributed by atoms with E-state index in [9.17, 15) is 9.90 Å². The number of thiol groups is 1. The standard InChI is InChI=1S/C20H27NO2S/c1-19(2,3)14-8-12(9-15(18(14)23)20(4,5)6)17(22)13-10-16(24)21(7)11-13/h8-11,23-24H,1-7H3. The number of phenols is 1. The Kier molecular flexibility index (Phi) is 4.66. The highest BCUT2D eigenvalue weighted by atomic mass is 32.1. The lowest BCUT2D eigenvalue weighted by molar-refractivity contribution is 0.103. The Morgan fingerprint density at radius 1 is 0.958 bits per heavy atom. The summed E-state index contributed by atoms with van der Waals surface area (Å²) in [6.45, 7) is 12.2. The molecule has 0 spiro atoms. The molecule has 0 saturated carbocycles. The van der Waals surface area contributed by atoms with Gasteiger partial charge in [-0.05, 0) is 29.0 Å². The summed E-state index contributed by atoms with van der Waals surface area (Å²) in [4.78, 5) is 13.0. The maximum Gasteiger partial charge on any atom is 0.194 e. The second-order valence-electron chi connectivity index (χ2n) is 8.45. The zero-order valence-corrected chi connectivity index (χ0v) is 16.5. The Hall–Kier alpha value is -1.68. The molecule has 0 unspecified atom stereocenters. The molecular formula is C20H27NO2S. The van der Waals surface area contributed by atoms with Gasteiger partial charge in [0.05, 0.1) is 5.03 Å². The van der Waals surface area contributed by atoms with Gasteiger partial charge in [0.2, 0.25) is 0 Å². The fourth-order valence-corrected chi connectivity index (χ4v) is 2.95. The van der Waals surface area contributed by atoms with Crippen molar-refractivity contribution in [3.8, 4) is 5.75 Å². The fourth-order valence-electron chi connectivity index (χ4n) is 2.75. The molecule has 2 aromatic rings. The fraction of sp³-hybridized carbons (Fsp3) is 0.450. The molecule has 130 valence electrons. The zero-order chi connectivity index (χ0) is 18.4. The molecular weight excluding hydrogens is 318 g/mol. The number of hydrogen-bond donors (Lipinski definition) is 2. The van der Waals surface area contributed by atoms with Crippen LogP contribution >= 0.6 is 12.6 Å². The van der Waals surface area contributed by atoms with Gasteiger partial charge in [0.15, 0.2) is 5.78 Å². The highest BCUT2D eigenvalue weighted by Crippen LogP contribution is 2.40. The van der Waals surface area contributed by atoms with Gasteiger partial charge in [-0.15, -0.1) is 12.6 Å². The van der Waals surface area contributed by atoms with Crippen molar-refractivity contribution < 1.29 is 9.90 Å². The molecule has 1 heterocycles. The van der Waals surface area contributed by atoms with Crippen LogP contribution in [0.4, 0.5) is 0 Å². The van der Waals surface area contributed by atoms with Crippen molar-refractivity contribution >= 4 is 18.4 Å². The number of phenolic OH excluding ortho intramolecular Hbond substituents is 1. The maximum atomic E-state index is 13.0. The summed E-state index contributed by atoms with van der Waals surface area (Å²) in [7, 11) is 1.86. The van der Waals surface area contributed by atoms with Crippen LogP contribution < -0.4 is 0 Å². The smallest absolute Gasteiger partial charge is 0.194 e. The predicted octanol–water partition coefficient (Wildman–Crippen LogP) is 4.85. The first kappa shape index (κ1) is 18.7. The lowest BCUT2D eigenvalue weighted by Crippen LogP contribution is -2.19. The second-order valence-corrected chi connectivity index (χ2v) is 8.91. The van der Waals surface area contributed by atoms with Gasteiger partial charge in [0.25, 0.3) is 0 Å². The number of aryl methyl sites for hydroxylation is 1. The molecule has 2 rings (SSSR count). The molecule has 4 heteroatoms. The number of carbonyl (C=O) groups excluding carboxylic acids is 1. The average molecular weight is 346 g/mol. The van der Waals surface area contributed by atoms with Gasteiger partial charge < -0.3 is 9.67 Å². The van der Waals surface area contributed by atoms with Crippen molar-refractivity contribution in [3.63, 3.8) is 0 Å². The van der Waals surface area contributed by atoms with Crippen LogP contribution in [-0.4, -0.2) is 15.5 Å². The van der Waals surface area contributed by atoms with E-state index in [1.807, 2.05) is 65.3 Å². The summed E-state index contributed by atoms with van der Waals surface area (Å²) in [5.74, 6) is 0.233. The molecule has 0 fully saturated rings. The van der Waals surface area contributed by atoms with E-state index in [0.29, 0.717) is 11.1 Å². The number of rotatable bonds is 2. The van der Waals surface area contributed by atoms with E-state index in [0.717, 1.165) is 16.2 Å². The van der Waals surface area contributed by atoms with Crippen LogP contribution in [0.2, 0.25) is 0 Å². The van der Waals surface area contributed by atoms with E-state index in [-0.39, 0.29) is 22.4 Å². The van der Waals surface area contributed by atoms with Gasteiger partial charge in [-0.1, -0.05) is 41.5 Å². The van der Waals surface area contributed by atoms with Gasteiger partial charge in [0, 0.05) is 35.5 Å². The van der Waals surface area contributed by atoms with Crippen molar-refractivity contribution in [2.45, 2.75) is 57.4 Å². The Morgan fingerprint density at radius 2 is 1.42 bits per heavy atom. The predicted molar refractivity (Wildman–Crippen MR) is 102 cm³/mol. The largest absolute Gasteiger partial charge is 0.507 e. The maximum absolute atomic E-state index is 13.0. The molecule has 0 amide bonds. The Labute approximate surface area is 150 Å². The first-order valence-electron chi connectivity index (χ1n) is 8.10. The number of aromatic nitrogens is 1.